The van der Waals surface area contributed by atoms with Crippen LogP contribution in [0.25, 0.3) is 0 Å². The highest BCUT2D eigenvalue weighted by Gasteiger charge is 2.37. The van der Waals surface area contributed by atoms with Crippen molar-refractivity contribution in [1.29, 1.82) is 0 Å². The monoisotopic (exact) mass is 214 g/mol. The van der Waals surface area contributed by atoms with Gasteiger partial charge in [-0.15, -0.1) is 0 Å². The van der Waals surface area contributed by atoms with Gasteiger partial charge in [0, 0.05) is 12.6 Å². The molecule has 15 heavy (non-hydrogen) atoms. The Hall–Kier alpha value is -1.26. The largest absolute Gasteiger partial charge is 0.480 e. The van der Waals surface area contributed by atoms with Crippen LogP contribution in [0.4, 0.5) is 4.79 Å². The number of aliphatic carboxylic acids is 1. The number of carboxylic acid groups (broad SMARTS) is 1. The molecule has 0 bridgehead atoms. The lowest BCUT2D eigenvalue weighted by Gasteiger charge is -2.42. The van der Waals surface area contributed by atoms with E-state index in [1.165, 1.54) is 11.9 Å². The zero-order valence-corrected chi connectivity index (χ0v) is 9.25. The van der Waals surface area contributed by atoms with Crippen LogP contribution in [0.1, 0.15) is 32.6 Å². The maximum atomic E-state index is 11.6. The van der Waals surface area contributed by atoms with Crippen LogP contribution in [-0.2, 0) is 4.79 Å². The highest BCUT2D eigenvalue weighted by atomic mass is 16.4. The fraction of sp³-hybridized carbons (Fsp3) is 0.800. The lowest BCUT2D eigenvalue weighted by molar-refractivity contribution is -0.137. The molecule has 0 atom stereocenters. The van der Waals surface area contributed by atoms with Crippen LogP contribution in [0.2, 0.25) is 0 Å². The zero-order chi connectivity index (χ0) is 11.5. The Balaban J connectivity index is 2.43. The molecule has 1 aliphatic carbocycles. The van der Waals surface area contributed by atoms with Gasteiger partial charge < -0.3 is 15.3 Å². The standard InChI is InChI=1S/C10H18N2O3/c1-3-10(5-4-6-10)11-9(15)12(2)7-8(13)14/h3-7H2,1-2H3,(H,11,15)(H,13,14). The highest BCUT2D eigenvalue weighted by Crippen LogP contribution is 2.34. The molecular formula is C10H18N2O3. The SMILES string of the molecule is CCC1(NC(=O)N(C)CC(=O)O)CCC1. The first-order chi connectivity index (χ1) is 6.99. The van der Waals surface area contributed by atoms with Crippen molar-refractivity contribution in [3.8, 4) is 0 Å². The van der Waals surface area contributed by atoms with Crippen LogP contribution in [0.3, 0.4) is 0 Å². The Bertz CT molecular complexity index is 256. The number of amides is 2. The Morgan fingerprint density at radius 1 is 1.47 bits per heavy atom. The van der Waals surface area contributed by atoms with Gasteiger partial charge in [0.05, 0.1) is 0 Å². The van der Waals surface area contributed by atoms with Crippen molar-refractivity contribution in [2.24, 2.45) is 0 Å². The Labute approximate surface area is 89.4 Å². The second kappa shape index (κ2) is 4.51. The van der Waals surface area contributed by atoms with Gasteiger partial charge in [-0.05, 0) is 25.7 Å². The quantitative estimate of drug-likeness (QED) is 0.734. The molecule has 0 heterocycles. The van der Waals surface area contributed by atoms with E-state index in [1.807, 2.05) is 6.92 Å². The summed E-state index contributed by atoms with van der Waals surface area (Å²) in [5.41, 5.74) is -0.0795. The third-order valence-corrected chi connectivity index (χ3v) is 3.08. The van der Waals surface area contributed by atoms with Crippen molar-refractivity contribution in [2.45, 2.75) is 38.1 Å². The molecule has 0 aromatic heterocycles. The number of hydrogen-bond acceptors (Lipinski definition) is 2. The highest BCUT2D eigenvalue weighted by molar-refractivity contribution is 5.80. The van der Waals surface area contributed by atoms with Gasteiger partial charge in [0.15, 0.2) is 0 Å². The van der Waals surface area contributed by atoms with Gasteiger partial charge in [-0.3, -0.25) is 4.79 Å². The van der Waals surface area contributed by atoms with Crippen molar-refractivity contribution < 1.29 is 14.7 Å². The van der Waals surface area contributed by atoms with E-state index in [9.17, 15) is 9.59 Å². The number of carbonyl (C=O) groups is 2. The van der Waals surface area contributed by atoms with E-state index in [0.717, 1.165) is 25.7 Å². The molecule has 0 aliphatic heterocycles. The van der Waals surface area contributed by atoms with Crippen LogP contribution < -0.4 is 5.32 Å². The predicted octanol–water partition coefficient (Wildman–Crippen LogP) is 1.05. The average molecular weight is 214 g/mol. The fourth-order valence-corrected chi connectivity index (χ4v) is 1.77. The fourth-order valence-electron chi connectivity index (χ4n) is 1.77. The average Bonchev–Trinajstić information content (AvgIpc) is 2.09. The minimum absolute atomic E-state index is 0.0795. The van der Waals surface area contributed by atoms with Crippen molar-refractivity contribution in [3.05, 3.63) is 0 Å². The van der Waals surface area contributed by atoms with Gasteiger partial charge >= 0.3 is 12.0 Å². The Morgan fingerprint density at radius 3 is 2.40 bits per heavy atom. The van der Waals surface area contributed by atoms with Gasteiger partial charge in [-0.1, -0.05) is 6.92 Å². The van der Waals surface area contributed by atoms with Crippen molar-refractivity contribution in [1.82, 2.24) is 10.2 Å². The third kappa shape index (κ3) is 2.84. The molecule has 0 saturated heterocycles. The van der Waals surface area contributed by atoms with Crippen LogP contribution in [0.15, 0.2) is 0 Å². The maximum Gasteiger partial charge on any atom is 0.323 e. The second-order valence-corrected chi connectivity index (χ2v) is 4.17. The molecule has 0 spiro atoms. The normalized spacial score (nSPS) is 17.7. The van der Waals surface area contributed by atoms with Crippen molar-refractivity contribution in [2.75, 3.05) is 13.6 Å². The summed E-state index contributed by atoms with van der Waals surface area (Å²) in [6.07, 6.45) is 4.03. The summed E-state index contributed by atoms with van der Waals surface area (Å²) in [5.74, 6) is -0.994. The van der Waals surface area contributed by atoms with Crippen LogP contribution in [-0.4, -0.2) is 41.1 Å². The Morgan fingerprint density at radius 2 is 2.07 bits per heavy atom. The van der Waals surface area contributed by atoms with Crippen LogP contribution in [0.5, 0.6) is 0 Å². The smallest absolute Gasteiger partial charge is 0.323 e. The number of carboxylic acids is 1. The predicted molar refractivity (Wildman–Crippen MR) is 55.7 cm³/mol. The van der Waals surface area contributed by atoms with E-state index < -0.39 is 5.97 Å². The molecule has 5 nitrogen and oxygen atoms in total. The lowest BCUT2D eigenvalue weighted by atomic mass is 9.75. The molecule has 2 N–H and O–H groups in total. The number of hydrogen-bond donors (Lipinski definition) is 2. The first-order valence-electron chi connectivity index (χ1n) is 5.24. The molecule has 0 aromatic rings. The molecule has 2 amide bonds. The summed E-state index contributed by atoms with van der Waals surface area (Å²) in [6.45, 7) is 1.78. The first kappa shape index (κ1) is 11.8. The number of urea groups is 1. The molecule has 0 aromatic carbocycles. The van der Waals surface area contributed by atoms with Gasteiger partial charge in [-0.25, -0.2) is 4.79 Å². The van der Waals surface area contributed by atoms with Crippen molar-refractivity contribution in [3.63, 3.8) is 0 Å². The maximum absolute atomic E-state index is 11.6. The van der Waals surface area contributed by atoms with Gasteiger partial charge in [0.25, 0.3) is 0 Å². The number of likely N-dealkylation sites (N-methyl/N-ethyl adjacent to an activating group) is 1. The van der Waals surface area contributed by atoms with E-state index >= 15 is 0 Å². The molecule has 86 valence electrons. The first-order valence-corrected chi connectivity index (χ1v) is 5.24. The van der Waals surface area contributed by atoms with E-state index in [0.29, 0.717) is 0 Å². The topological polar surface area (TPSA) is 69.6 Å². The summed E-state index contributed by atoms with van der Waals surface area (Å²) in [7, 11) is 1.49. The summed E-state index contributed by atoms with van der Waals surface area (Å²) in [5, 5.41) is 11.4. The number of rotatable bonds is 4. The molecule has 1 aliphatic rings. The Kier molecular flexibility index (Phi) is 3.55. The summed E-state index contributed by atoms with van der Waals surface area (Å²) >= 11 is 0. The second-order valence-electron chi connectivity index (χ2n) is 4.17. The molecule has 0 radical (unpaired) electrons. The zero-order valence-electron chi connectivity index (χ0n) is 9.25. The molecule has 5 heteroatoms. The molecule has 0 unspecified atom stereocenters. The van der Waals surface area contributed by atoms with Crippen LogP contribution in [0, 0.1) is 0 Å². The van der Waals surface area contributed by atoms with E-state index in [2.05, 4.69) is 5.32 Å². The van der Waals surface area contributed by atoms with E-state index in [1.54, 1.807) is 0 Å². The minimum atomic E-state index is -0.994. The summed E-state index contributed by atoms with van der Waals surface area (Å²) in [4.78, 5) is 23.2. The lowest BCUT2D eigenvalue weighted by Crippen LogP contribution is -2.56. The molecule has 1 rings (SSSR count). The van der Waals surface area contributed by atoms with E-state index in [-0.39, 0.29) is 18.1 Å². The number of nitrogens with one attached hydrogen (secondary N) is 1. The minimum Gasteiger partial charge on any atom is -0.480 e. The van der Waals surface area contributed by atoms with Gasteiger partial charge in [0.1, 0.15) is 6.54 Å². The molecule has 1 saturated carbocycles. The van der Waals surface area contributed by atoms with Gasteiger partial charge in [-0.2, -0.15) is 0 Å². The summed E-state index contributed by atoms with van der Waals surface area (Å²) in [6, 6.07) is -0.293. The van der Waals surface area contributed by atoms with Gasteiger partial charge in [0.2, 0.25) is 0 Å². The molecular weight excluding hydrogens is 196 g/mol. The molecule has 1 fully saturated rings. The van der Waals surface area contributed by atoms with Crippen LogP contribution >= 0.6 is 0 Å². The van der Waals surface area contributed by atoms with Crippen molar-refractivity contribution >= 4 is 12.0 Å². The summed E-state index contributed by atoms with van der Waals surface area (Å²) < 4.78 is 0. The third-order valence-electron chi connectivity index (χ3n) is 3.08. The number of nitrogens with zero attached hydrogens (tertiary/aromatic N) is 1. The van der Waals surface area contributed by atoms with E-state index in [4.69, 9.17) is 5.11 Å². The number of carbonyl (C=O) groups excluding carboxylic acids is 1.